The molecule has 1 aliphatic rings. The van der Waals surface area contributed by atoms with Gasteiger partial charge >= 0.3 is 0 Å². The van der Waals surface area contributed by atoms with Crippen LogP contribution in [-0.4, -0.2) is 30.2 Å². The fourth-order valence-corrected chi connectivity index (χ4v) is 5.27. The number of nitrogens with zero attached hydrogens (tertiary/aromatic N) is 1. The third-order valence-corrected chi connectivity index (χ3v) is 6.44. The number of hydrogen-bond acceptors (Lipinski definition) is 3. The Bertz CT molecular complexity index is 521. The number of alkyl halides is 1. The third kappa shape index (κ3) is 3.45. The zero-order chi connectivity index (χ0) is 13.2. The molecule has 1 saturated heterocycles. The van der Waals surface area contributed by atoms with Crippen molar-refractivity contribution in [1.82, 2.24) is 4.98 Å². The lowest BCUT2D eigenvalue weighted by Crippen LogP contribution is -2.20. The summed E-state index contributed by atoms with van der Waals surface area (Å²) in [6, 6.07) is 1.90. The fourth-order valence-electron chi connectivity index (χ4n) is 2.39. The van der Waals surface area contributed by atoms with E-state index in [-0.39, 0.29) is 5.92 Å². The summed E-state index contributed by atoms with van der Waals surface area (Å²) in [5.74, 6) is 1.18. The molecule has 0 amide bonds. The van der Waals surface area contributed by atoms with E-state index in [4.69, 9.17) is 11.6 Å². The SMILES string of the molecule is O=S1(=O)CCC(C(CBr)Cc2ccncc2Cl)C1. The van der Waals surface area contributed by atoms with Gasteiger partial charge in [0.1, 0.15) is 0 Å². The first-order chi connectivity index (χ1) is 8.52. The second kappa shape index (κ2) is 5.88. The summed E-state index contributed by atoms with van der Waals surface area (Å²) in [6.07, 6.45) is 4.92. The van der Waals surface area contributed by atoms with E-state index in [0.717, 1.165) is 23.7 Å². The van der Waals surface area contributed by atoms with Crippen molar-refractivity contribution in [3.8, 4) is 0 Å². The number of sulfone groups is 1. The number of aromatic nitrogens is 1. The van der Waals surface area contributed by atoms with E-state index in [1.165, 1.54) is 0 Å². The van der Waals surface area contributed by atoms with Gasteiger partial charge in [0.25, 0.3) is 0 Å². The number of hydrogen-bond donors (Lipinski definition) is 0. The highest BCUT2D eigenvalue weighted by molar-refractivity contribution is 9.09. The summed E-state index contributed by atoms with van der Waals surface area (Å²) in [7, 11) is -2.82. The molecule has 0 aliphatic carbocycles. The van der Waals surface area contributed by atoms with Crippen LogP contribution in [0.1, 0.15) is 12.0 Å². The van der Waals surface area contributed by atoms with Crippen LogP contribution in [0.5, 0.6) is 0 Å². The van der Waals surface area contributed by atoms with Gasteiger partial charge in [-0.3, -0.25) is 4.98 Å². The van der Waals surface area contributed by atoms with Gasteiger partial charge < -0.3 is 0 Å². The van der Waals surface area contributed by atoms with Crippen LogP contribution >= 0.6 is 27.5 Å². The van der Waals surface area contributed by atoms with Crippen molar-refractivity contribution in [2.75, 3.05) is 16.8 Å². The third-order valence-electron chi connectivity index (χ3n) is 3.47. The molecular formula is C12H15BrClNO2S. The molecule has 1 aromatic rings. The van der Waals surface area contributed by atoms with E-state index in [9.17, 15) is 8.42 Å². The topological polar surface area (TPSA) is 47.0 Å². The van der Waals surface area contributed by atoms with E-state index in [1.54, 1.807) is 12.4 Å². The number of halogens is 2. The predicted molar refractivity (Wildman–Crippen MR) is 77.0 cm³/mol. The Morgan fingerprint density at radius 2 is 2.33 bits per heavy atom. The quantitative estimate of drug-likeness (QED) is 0.783. The van der Waals surface area contributed by atoms with E-state index in [1.807, 2.05) is 6.07 Å². The lowest BCUT2D eigenvalue weighted by atomic mass is 9.88. The van der Waals surface area contributed by atoms with Gasteiger partial charge in [-0.2, -0.15) is 0 Å². The van der Waals surface area contributed by atoms with Gasteiger partial charge in [-0.05, 0) is 36.3 Å². The first kappa shape index (κ1) is 14.3. The Labute approximate surface area is 121 Å². The van der Waals surface area contributed by atoms with Gasteiger partial charge in [-0.25, -0.2) is 8.42 Å². The van der Waals surface area contributed by atoms with Crippen LogP contribution in [0.2, 0.25) is 5.02 Å². The number of rotatable bonds is 4. The van der Waals surface area contributed by atoms with Crippen molar-refractivity contribution >= 4 is 37.4 Å². The molecule has 18 heavy (non-hydrogen) atoms. The normalized spacial score (nSPS) is 24.0. The van der Waals surface area contributed by atoms with Gasteiger partial charge in [0.2, 0.25) is 0 Å². The van der Waals surface area contributed by atoms with E-state index in [0.29, 0.717) is 22.4 Å². The maximum Gasteiger partial charge on any atom is 0.150 e. The summed E-state index contributed by atoms with van der Waals surface area (Å²) < 4.78 is 23.1. The Hall–Kier alpha value is -0.130. The van der Waals surface area contributed by atoms with Crippen LogP contribution in [0.4, 0.5) is 0 Å². The highest BCUT2D eigenvalue weighted by Crippen LogP contribution is 2.31. The van der Waals surface area contributed by atoms with Crippen LogP contribution < -0.4 is 0 Å². The van der Waals surface area contributed by atoms with Crippen molar-refractivity contribution in [2.45, 2.75) is 12.8 Å². The minimum absolute atomic E-state index is 0.235. The first-order valence-corrected chi connectivity index (χ1v) is 9.18. The highest BCUT2D eigenvalue weighted by Gasteiger charge is 2.33. The minimum atomic E-state index is -2.82. The summed E-state index contributed by atoms with van der Waals surface area (Å²) in [5, 5.41) is 1.45. The van der Waals surface area contributed by atoms with Crippen LogP contribution in [0.3, 0.4) is 0 Å². The smallest absolute Gasteiger partial charge is 0.150 e. The molecule has 0 spiro atoms. The molecule has 0 N–H and O–H groups in total. The molecule has 1 aliphatic heterocycles. The molecule has 0 aromatic carbocycles. The molecule has 3 nitrogen and oxygen atoms in total. The largest absolute Gasteiger partial charge is 0.263 e. The van der Waals surface area contributed by atoms with Crippen molar-refractivity contribution in [1.29, 1.82) is 0 Å². The summed E-state index contributed by atoms with van der Waals surface area (Å²) in [4.78, 5) is 3.96. The maximum atomic E-state index is 11.5. The van der Waals surface area contributed by atoms with Crippen molar-refractivity contribution in [2.24, 2.45) is 11.8 Å². The van der Waals surface area contributed by atoms with Gasteiger partial charge in [0.05, 0.1) is 16.5 Å². The van der Waals surface area contributed by atoms with Gasteiger partial charge in [0, 0.05) is 17.7 Å². The molecule has 1 aromatic heterocycles. The molecule has 100 valence electrons. The summed E-state index contributed by atoms with van der Waals surface area (Å²) in [5.41, 5.74) is 1.04. The van der Waals surface area contributed by atoms with Crippen LogP contribution in [-0.2, 0) is 16.3 Å². The molecule has 2 heterocycles. The second-order valence-corrected chi connectivity index (χ2v) is 8.03. The highest BCUT2D eigenvalue weighted by atomic mass is 79.9. The Kier molecular flexibility index (Phi) is 4.67. The molecule has 2 unspecified atom stereocenters. The minimum Gasteiger partial charge on any atom is -0.263 e. The van der Waals surface area contributed by atoms with Crippen molar-refractivity contribution in [3.63, 3.8) is 0 Å². The molecule has 0 radical (unpaired) electrons. The van der Waals surface area contributed by atoms with Crippen LogP contribution in [0.25, 0.3) is 0 Å². The zero-order valence-electron chi connectivity index (χ0n) is 9.85. The lowest BCUT2D eigenvalue weighted by molar-refractivity contribution is 0.402. The van der Waals surface area contributed by atoms with E-state index < -0.39 is 9.84 Å². The monoisotopic (exact) mass is 351 g/mol. The first-order valence-electron chi connectivity index (χ1n) is 5.86. The van der Waals surface area contributed by atoms with Gasteiger partial charge in [0.15, 0.2) is 9.84 Å². The Morgan fingerprint density at radius 3 is 2.89 bits per heavy atom. The van der Waals surface area contributed by atoms with Crippen LogP contribution in [0, 0.1) is 11.8 Å². The summed E-state index contributed by atoms with van der Waals surface area (Å²) in [6.45, 7) is 0. The van der Waals surface area contributed by atoms with Gasteiger partial charge in [-0.1, -0.05) is 27.5 Å². The Morgan fingerprint density at radius 1 is 1.56 bits per heavy atom. The van der Waals surface area contributed by atoms with Gasteiger partial charge in [-0.15, -0.1) is 0 Å². The lowest BCUT2D eigenvalue weighted by Gasteiger charge is -2.20. The maximum absolute atomic E-state index is 11.5. The molecular weight excluding hydrogens is 338 g/mol. The van der Waals surface area contributed by atoms with E-state index >= 15 is 0 Å². The number of pyridine rings is 1. The molecule has 1 fully saturated rings. The predicted octanol–water partition coefficient (Wildman–Crippen LogP) is 2.72. The molecule has 2 atom stereocenters. The Balaban J connectivity index is 2.09. The molecule has 0 saturated carbocycles. The summed E-state index contributed by atoms with van der Waals surface area (Å²) >= 11 is 9.58. The molecule has 2 rings (SSSR count). The zero-order valence-corrected chi connectivity index (χ0v) is 13.0. The van der Waals surface area contributed by atoms with Crippen LogP contribution in [0.15, 0.2) is 18.5 Å². The van der Waals surface area contributed by atoms with Crippen molar-refractivity contribution < 1.29 is 8.42 Å². The fraction of sp³-hybridized carbons (Fsp3) is 0.583. The second-order valence-electron chi connectivity index (χ2n) is 4.75. The van der Waals surface area contributed by atoms with E-state index in [2.05, 4.69) is 20.9 Å². The standard InChI is InChI=1S/C12H15BrClNO2S/c13-6-11(10-2-4-18(16,17)8-10)5-9-1-3-15-7-12(9)14/h1,3,7,10-11H,2,4-6,8H2. The average Bonchev–Trinajstić information content (AvgIpc) is 2.68. The van der Waals surface area contributed by atoms with Crippen molar-refractivity contribution in [3.05, 3.63) is 29.0 Å². The average molecular weight is 353 g/mol. The molecule has 0 bridgehead atoms. The molecule has 6 heteroatoms.